The maximum absolute atomic E-state index is 11.8. The molecule has 0 heterocycles. The van der Waals surface area contributed by atoms with Crippen LogP contribution < -0.4 is 0 Å². The molecule has 0 radical (unpaired) electrons. The highest BCUT2D eigenvalue weighted by Crippen LogP contribution is 2.41. The Balaban J connectivity index is 3.71. The van der Waals surface area contributed by atoms with Gasteiger partial charge in [0.25, 0.3) is 0 Å². The van der Waals surface area contributed by atoms with Crippen molar-refractivity contribution in [3.05, 3.63) is 22.3 Å². The van der Waals surface area contributed by atoms with E-state index in [0.29, 0.717) is 5.57 Å². The first-order valence-corrected chi connectivity index (χ1v) is 8.65. The summed E-state index contributed by atoms with van der Waals surface area (Å²) in [5, 5.41) is 38.2. The second kappa shape index (κ2) is 8.37. The monoisotopic (exact) mass is 382 g/mol. The first-order chi connectivity index (χ1) is 12.3. The molecular weight excluding hydrogens is 356 g/mol. The van der Waals surface area contributed by atoms with Gasteiger partial charge in [0.05, 0.1) is 23.0 Å². The molecule has 1 aliphatic rings. The first kappa shape index (κ1) is 22.4. The zero-order valence-corrected chi connectivity index (χ0v) is 15.9. The van der Waals surface area contributed by atoms with Gasteiger partial charge in [-0.25, -0.2) is 9.59 Å². The van der Waals surface area contributed by atoms with Crippen LogP contribution in [0.2, 0.25) is 0 Å². The molecule has 1 aliphatic carbocycles. The predicted molar refractivity (Wildman–Crippen MR) is 95.2 cm³/mol. The Hall–Kier alpha value is -2.64. The minimum atomic E-state index is -1.38. The quantitative estimate of drug-likeness (QED) is 0.580. The molecule has 0 bridgehead atoms. The highest BCUT2D eigenvalue weighted by Gasteiger charge is 2.40. The lowest BCUT2D eigenvalue weighted by Gasteiger charge is -2.32. The van der Waals surface area contributed by atoms with Crippen molar-refractivity contribution in [3.63, 3.8) is 0 Å². The van der Waals surface area contributed by atoms with Crippen LogP contribution in [0.5, 0.6) is 0 Å². The van der Waals surface area contributed by atoms with Gasteiger partial charge in [-0.15, -0.1) is 0 Å². The third-order valence-corrected chi connectivity index (χ3v) is 5.52. The van der Waals surface area contributed by atoms with Crippen molar-refractivity contribution < 1.29 is 39.6 Å². The van der Waals surface area contributed by atoms with E-state index in [2.05, 4.69) is 0 Å². The summed E-state index contributed by atoms with van der Waals surface area (Å²) in [6, 6.07) is 0. The lowest BCUT2D eigenvalue weighted by atomic mass is 9.71. The van der Waals surface area contributed by atoms with E-state index in [9.17, 15) is 39.6 Å². The Kier molecular flexibility index (Phi) is 6.94. The van der Waals surface area contributed by atoms with Gasteiger partial charge in [-0.1, -0.05) is 19.4 Å². The molecule has 1 rings (SSSR count). The maximum atomic E-state index is 11.8. The molecule has 0 saturated heterocycles. The summed E-state index contributed by atoms with van der Waals surface area (Å²) >= 11 is 0. The molecule has 27 heavy (non-hydrogen) atoms. The molecule has 150 valence electrons. The fraction of sp³-hybridized carbons (Fsp3) is 0.579. The third kappa shape index (κ3) is 4.96. The van der Waals surface area contributed by atoms with Crippen LogP contribution >= 0.6 is 0 Å². The third-order valence-electron chi connectivity index (χ3n) is 5.52. The van der Waals surface area contributed by atoms with Crippen molar-refractivity contribution in [2.75, 3.05) is 0 Å². The fourth-order valence-corrected chi connectivity index (χ4v) is 3.65. The summed E-state index contributed by atoms with van der Waals surface area (Å²) in [7, 11) is 0. The lowest BCUT2D eigenvalue weighted by Crippen LogP contribution is -2.34. The molecule has 8 nitrogen and oxygen atoms in total. The first-order valence-electron chi connectivity index (χ1n) is 8.65. The van der Waals surface area contributed by atoms with Gasteiger partial charge >= 0.3 is 23.9 Å². The van der Waals surface area contributed by atoms with Gasteiger partial charge < -0.3 is 20.4 Å². The molecule has 2 unspecified atom stereocenters. The number of carboxylic acids is 4. The molecule has 0 fully saturated rings. The van der Waals surface area contributed by atoms with Crippen LogP contribution in [0.1, 0.15) is 53.4 Å². The zero-order chi connectivity index (χ0) is 21.1. The van der Waals surface area contributed by atoms with Gasteiger partial charge in [0.1, 0.15) is 0 Å². The normalized spacial score (nSPS) is 24.1. The van der Waals surface area contributed by atoms with Gasteiger partial charge in [-0.2, -0.15) is 0 Å². The van der Waals surface area contributed by atoms with E-state index in [1.165, 1.54) is 6.92 Å². The van der Waals surface area contributed by atoms with E-state index >= 15 is 0 Å². The van der Waals surface area contributed by atoms with E-state index < -0.39 is 41.1 Å². The van der Waals surface area contributed by atoms with Crippen LogP contribution in [-0.4, -0.2) is 44.3 Å². The lowest BCUT2D eigenvalue weighted by molar-refractivity contribution is -0.155. The van der Waals surface area contributed by atoms with Crippen molar-refractivity contribution >= 4 is 23.9 Å². The summed E-state index contributed by atoms with van der Waals surface area (Å²) in [6.45, 7) is 6.55. The van der Waals surface area contributed by atoms with Crippen LogP contribution in [0, 0.1) is 17.3 Å². The average molecular weight is 382 g/mol. The molecule has 2 atom stereocenters. The van der Waals surface area contributed by atoms with Gasteiger partial charge in [-0.3, -0.25) is 9.59 Å². The molecule has 0 aliphatic heterocycles. The second-order valence-corrected chi connectivity index (χ2v) is 7.58. The molecule has 0 amide bonds. The minimum absolute atomic E-state index is 0.00221. The summed E-state index contributed by atoms with van der Waals surface area (Å²) < 4.78 is 0. The SMILES string of the molecule is CC1=C(C)C(C)(C)CC(C(=O)O)C(C(=O)O)CCCC(C(=O)O)=C1C(=O)O. The van der Waals surface area contributed by atoms with Crippen molar-refractivity contribution in [1.82, 2.24) is 0 Å². The van der Waals surface area contributed by atoms with Crippen LogP contribution in [0.4, 0.5) is 0 Å². The van der Waals surface area contributed by atoms with Crippen molar-refractivity contribution in [2.24, 2.45) is 17.3 Å². The molecule has 0 saturated carbocycles. The molecule has 8 heteroatoms. The smallest absolute Gasteiger partial charge is 0.336 e. The number of hydrogen-bond donors (Lipinski definition) is 4. The summed E-state index contributed by atoms with van der Waals surface area (Å²) in [5.74, 6) is -7.58. The van der Waals surface area contributed by atoms with Gasteiger partial charge in [-0.05, 0) is 50.5 Å². The predicted octanol–water partition coefficient (Wildman–Crippen LogP) is 2.79. The van der Waals surface area contributed by atoms with Crippen LogP contribution in [-0.2, 0) is 19.2 Å². The zero-order valence-electron chi connectivity index (χ0n) is 15.9. The van der Waals surface area contributed by atoms with E-state index in [4.69, 9.17) is 0 Å². The molecular formula is C19H26O8. The number of allylic oxidation sites excluding steroid dienone is 1. The number of carboxylic acid groups (broad SMARTS) is 4. The number of rotatable bonds is 4. The Morgan fingerprint density at radius 3 is 1.81 bits per heavy atom. The van der Waals surface area contributed by atoms with Crippen LogP contribution in [0.15, 0.2) is 22.3 Å². The Bertz CT molecular complexity index is 726. The Labute approximate surface area is 157 Å². The Morgan fingerprint density at radius 1 is 0.889 bits per heavy atom. The van der Waals surface area contributed by atoms with Gasteiger partial charge in [0, 0.05) is 0 Å². The van der Waals surface area contributed by atoms with Crippen LogP contribution in [0.25, 0.3) is 0 Å². The summed E-state index contributed by atoms with van der Waals surface area (Å²) in [5.41, 5.74) is -0.657. The van der Waals surface area contributed by atoms with E-state index in [0.717, 1.165) is 0 Å². The van der Waals surface area contributed by atoms with E-state index in [-0.39, 0.29) is 42.4 Å². The minimum Gasteiger partial charge on any atom is -0.481 e. The van der Waals surface area contributed by atoms with Gasteiger partial charge in [0.15, 0.2) is 0 Å². The van der Waals surface area contributed by atoms with Crippen molar-refractivity contribution in [3.8, 4) is 0 Å². The van der Waals surface area contributed by atoms with Crippen molar-refractivity contribution in [1.29, 1.82) is 0 Å². The van der Waals surface area contributed by atoms with E-state index in [1.54, 1.807) is 20.8 Å². The highest BCUT2D eigenvalue weighted by atomic mass is 16.4. The molecule has 0 aromatic carbocycles. The average Bonchev–Trinajstić information content (AvgIpc) is 2.54. The molecule has 0 spiro atoms. The maximum Gasteiger partial charge on any atom is 0.336 e. The van der Waals surface area contributed by atoms with E-state index in [1.807, 2.05) is 0 Å². The van der Waals surface area contributed by atoms with Gasteiger partial charge in [0.2, 0.25) is 0 Å². The molecule has 0 aromatic rings. The highest BCUT2D eigenvalue weighted by molar-refractivity contribution is 6.02. The van der Waals surface area contributed by atoms with Crippen molar-refractivity contribution in [2.45, 2.75) is 53.4 Å². The summed E-state index contributed by atoms with van der Waals surface area (Å²) in [6.07, 6.45) is -0.147. The fourth-order valence-electron chi connectivity index (χ4n) is 3.65. The number of carbonyl (C=O) groups is 4. The number of hydrogen-bond acceptors (Lipinski definition) is 4. The molecule has 0 aromatic heterocycles. The standard InChI is InChI=1S/C19H26O8/c1-9-10(2)19(3,4)8-13(17(24)25)11(15(20)21)6-5-7-12(16(22)23)14(9)18(26)27/h11,13H,5-8H2,1-4H3,(H,20,21)(H,22,23)(H,24,25)(H,26,27). The Morgan fingerprint density at radius 2 is 1.41 bits per heavy atom. The summed E-state index contributed by atoms with van der Waals surface area (Å²) in [4.78, 5) is 46.9. The number of aliphatic carboxylic acids is 4. The van der Waals surface area contributed by atoms with Crippen LogP contribution in [0.3, 0.4) is 0 Å². The second-order valence-electron chi connectivity index (χ2n) is 7.58. The largest absolute Gasteiger partial charge is 0.481 e. The topological polar surface area (TPSA) is 149 Å². The molecule has 4 N–H and O–H groups in total.